The highest BCUT2D eigenvalue weighted by Gasteiger charge is 2.16. The Morgan fingerprint density at radius 2 is 2.00 bits per heavy atom. The number of hydrogen-bond donors (Lipinski definition) is 1. The SMILES string of the molecule is CCCC(N)CN(C)C(C)c1ccccc1Cl. The van der Waals surface area contributed by atoms with Gasteiger partial charge >= 0.3 is 0 Å². The Labute approximate surface area is 110 Å². The van der Waals surface area contributed by atoms with Crippen LogP contribution in [0, 0.1) is 0 Å². The highest BCUT2D eigenvalue weighted by molar-refractivity contribution is 6.31. The summed E-state index contributed by atoms with van der Waals surface area (Å²) in [5.74, 6) is 0. The fourth-order valence-electron chi connectivity index (χ4n) is 2.04. The molecule has 0 spiro atoms. The Kier molecular flexibility index (Phi) is 5.96. The third-order valence-corrected chi connectivity index (χ3v) is 3.54. The maximum atomic E-state index is 6.20. The Bertz CT molecular complexity index is 341. The van der Waals surface area contributed by atoms with Gasteiger partial charge in [-0.1, -0.05) is 43.1 Å². The van der Waals surface area contributed by atoms with Crippen LogP contribution in [0.2, 0.25) is 5.02 Å². The molecule has 1 aromatic rings. The van der Waals surface area contributed by atoms with Gasteiger partial charge in [0.15, 0.2) is 0 Å². The van der Waals surface area contributed by atoms with Crippen molar-refractivity contribution in [1.82, 2.24) is 4.90 Å². The summed E-state index contributed by atoms with van der Waals surface area (Å²) in [4.78, 5) is 2.27. The second-order valence-corrected chi connectivity index (χ2v) is 5.09. The van der Waals surface area contributed by atoms with Gasteiger partial charge in [0.1, 0.15) is 0 Å². The summed E-state index contributed by atoms with van der Waals surface area (Å²) < 4.78 is 0. The van der Waals surface area contributed by atoms with Gasteiger partial charge in [0, 0.05) is 23.7 Å². The predicted molar refractivity (Wildman–Crippen MR) is 75.4 cm³/mol. The second kappa shape index (κ2) is 7.00. The quantitative estimate of drug-likeness (QED) is 0.843. The van der Waals surface area contributed by atoms with Crippen LogP contribution in [0.4, 0.5) is 0 Å². The monoisotopic (exact) mass is 254 g/mol. The third-order valence-electron chi connectivity index (χ3n) is 3.20. The fourth-order valence-corrected chi connectivity index (χ4v) is 2.34. The molecule has 0 aliphatic carbocycles. The number of hydrogen-bond acceptors (Lipinski definition) is 2. The van der Waals surface area contributed by atoms with Crippen molar-refractivity contribution < 1.29 is 0 Å². The molecule has 0 bridgehead atoms. The number of nitrogens with two attached hydrogens (primary N) is 1. The summed E-state index contributed by atoms with van der Waals surface area (Å²) in [6.45, 7) is 5.23. The summed E-state index contributed by atoms with van der Waals surface area (Å²) in [6.07, 6.45) is 2.20. The Morgan fingerprint density at radius 1 is 1.35 bits per heavy atom. The van der Waals surface area contributed by atoms with E-state index in [2.05, 4.69) is 31.9 Å². The average Bonchev–Trinajstić information content (AvgIpc) is 2.29. The van der Waals surface area contributed by atoms with Gasteiger partial charge < -0.3 is 5.73 Å². The van der Waals surface area contributed by atoms with E-state index in [0.29, 0.717) is 6.04 Å². The van der Waals surface area contributed by atoms with Gasteiger partial charge in [0.2, 0.25) is 0 Å². The van der Waals surface area contributed by atoms with Crippen LogP contribution in [0.15, 0.2) is 24.3 Å². The second-order valence-electron chi connectivity index (χ2n) is 4.69. The van der Waals surface area contributed by atoms with Crippen molar-refractivity contribution in [3.8, 4) is 0 Å². The van der Waals surface area contributed by atoms with Crippen LogP contribution in [0.1, 0.15) is 38.3 Å². The van der Waals surface area contributed by atoms with Gasteiger partial charge in [-0.15, -0.1) is 0 Å². The van der Waals surface area contributed by atoms with E-state index in [4.69, 9.17) is 17.3 Å². The van der Waals surface area contributed by atoms with Crippen molar-refractivity contribution in [3.63, 3.8) is 0 Å². The highest BCUT2D eigenvalue weighted by atomic mass is 35.5. The first-order valence-electron chi connectivity index (χ1n) is 6.26. The van der Waals surface area contributed by atoms with E-state index in [-0.39, 0.29) is 6.04 Å². The number of benzene rings is 1. The lowest BCUT2D eigenvalue weighted by Gasteiger charge is -2.28. The molecule has 17 heavy (non-hydrogen) atoms. The summed E-state index contributed by atoms with van der Waals surface area (Å²) in [6, 6.07) is 8.54. The summed E-state index contributed by atoms with van der Waals surface area (Å²) >= 11 is 6.20. The molecule has 2 N–H and O–H groups in total. The Morgan fingerprint density at radius 3 is 2.59 bits per heavy atom. The van der Waals surface area contributed by atoms with Crippen molar-refractivity contribution in [2.24, 2.45) is 5.73 Å². The van der Waals surface area contributed by atoms with E-state index in [1.165, 1.54) is 5.56 Å². The summed E-state index contributed by atoms with van der Waals surface area (Å²) in [5, 5.41) is 0.830. The van der Waals surface area contributed by atoms with E-state index in [1.807, 2.05) is 18.2 Å². The molecule has 0 saturated carbocycles. The summed E-state index contributed by atoms with van der Waals surface area (Å²) in [7, 11) is 2.10. The van der Waals surface area contributed by atoms with Crippen molar-refractivity contribution in [3.05, 3.63) is 34.9 Å². The molecule has 0 saturated heterocycles. The van der Waals surface area contributed by atoms with E-state index in [0.717, 1.165) is 24.4 Å². The fraction of sp³-hybridized carbons (Fsp3) is 0.571. The zero-order valence-electron chi connectivity index (χ0n) is 11.0. The molecule has 0 aromatic heterocycles. The van der Waals surface area contributed by atoms with E-state index in [9.17, 15) is 0 Å². The molecule has 0 aliphatic rings. The molecule has 2 atom stereocenters. The lowest BCUT2D eigenvalue weighted by atomic mass is 10.1. The highest BCUT2D eigenvalue weighted by Crippen LogP contribution is 2.26. The zero-order chi connectivity index (χ0) is 12.8. The van der Waals surface area contributed by atoms with Gasteiger partial charge in [-0.3, -0.25) is 4.90 Å². The van der Waals surface area contributed by atoms with Gasteiger partial charge in [0.25, 0.3) is 0 Å². The van der Waals surface area contributed by atoms with E-state index >= 15 is 0 Å². The van der Waals surface area contributed by atoms with Gasteiger partial charge in [0.05, 0.1) is 0 Å². The third kappa shape index (κ3) is 4.30. The molecule has 0 amide bonds. The van der Waals surface area contributed by atoms with Gasteiger partial charge in [-0.05, 0) is 32.0 Å². The lowest BCUT2D eigenvalue weighted by Crippen LogP contribution is -2.36. The molecule has 0 fully saturated rings. The smallest absolute Gasteiger partial charge is 0.0453 e. The first kappa shape index (κ1) is 14.5. The minimum absolute atomic E-state index is 0.245. The van der Waals surface area contributed by atoms with Crippen LogP contribution in [-0.2, 0) is 0 Å². The summed E-state index contributed by atoms with van der Waals surface area (Å²) in [5.41, 5.74) is 7.23. The van der Waals surface area contributed by atoms with Crippen LogP contribution in [0.25, 0.3) is 0 Å². The van der Waals surface area contributed by atoms with Gasteiger partial charge in [-0.2, -0.15) is 0 Å². The molecule has 3 heteroatoms. The molecular weight excluding hydrogens is 232 g/mol. The molecule has 1 aromatic carbocycles. The molecule has 2 unspecified atom stereocenters. The number of rotatable bonds is 6. The van der Waals surface area contributed by atoms with Crippen molar-refractivity contribution in [1.29, 1.82) is 0 Å². The first-order chi connectivity index (χ1) is 8.06. The Hall–Kier alpha value is -0.570. The van der Waals surface area contributed by atoms with Crippen LogP contribution in [0.5, 0.6) is 0 Å². The van der Waals surface area contributed by atoms with Gasteiger partial charge in [-0.25, -0.2) is 0 Å². The minimum atomic E-state index is 0.245. The lowest BCUT2D eigenvalue weighted by molar-refractivity contribution is 0.241. The van der Waals surface area contributed by atoms with Crippen LogP contribution in [0.3, 0.4) is 0 Å². The molecule has 0 radical (unpaired) electrons. The standard InChI is InChI=1S/C14H23ClN2/c1-4-7-12(16)10-17(3)11(2)13-8-5-6-9-14(13)15/h5-6,8-9,11-12H,4,7,10,16H2,1-3H3. The van der Waals surface area contributed by atoms with Crippen LogP contribution in [-0.4, -0.2) is 24.5 Å². The zero-order valence-corrected chi connectivity index (χ0v) is 11.7. The van der Waals surface area contributed by atoms with Crippen LogP contribution >= 0.6 is 11.6 Å². The maximum Gasteiger partial charge on any atom is 0.0453 e. The molecule has 2 nitrogen and oxygen atoms in total. The molecule has 0 heterocycles. The molecular formula is C14H23ClN2. The predicted octanol–water partition coefficient (Wildman–Crippen LogP) is 3.46. The van der Waals surface area contributed by atoms with Crippen molar-refractivity contribution in [2.75, 3.05) is 13.6 Å². The average molecular weight is 255 g/mol. The van der Waals surface area contributed by atoms with E-state index in [1.54, 1.807) is 0 Å². The number of nitrogens with zero attached hydrogens (tertiary/aromatic N) is 1. The van der Waals surface area contributed by atoms with Crippen LogP contribution < -0.4 is 5.73 Å². The maximum absolute atomic E-state index is 6.20. The van der Waals surface area contributed by atoms with E-state index < -0.39 is 0 Å². The largest absolute Gasteiger partial charge is 0.327 e. The topological polar surface area (TPSA) is 29.3 Å². The normalized spacial score (nSPS) is 14.9. The molecule has 96 valence electrons. The first-order valence-corrected chi connectivity index (χ1v) is 6.64. The Balaban J connectivity index is 2.63. The molecule has 1 rings (SSSR count). The molecule has 0 aliphatic heterocycles. The van der Waals surface area contributed by atoms with Crippen molar-refractivity contribution in [2.45, 2.75) is 38.8 Å². The van der Waals surface area contributed by atoms with Crippen molar-refractivity contribution >= 4 is 11.6 Å². The number of halogens is 1. The number of likely N-dealkylation sites (N-methyl/N-ethyl adjacent to an activating group) is 1. The minimum Gasteiger partial charge on any atom is -0.327 e.